The summed E-state index contributed by atoms with van der Waals surface area (Å²) in [6, 6.07) is 15.3. The van der Waals surface area contributed by atoms with Crippen molar-refractivity contribution in [2.75, 3.05) is 50.1 Å². The van der Waals surface area contributed by atoms with Crippen molar-refractivity contribution in [3.8, 4) is 0 Å². The van der Waals surface area contributed by atoms with Crippen LogP contribution in [0.25, 0.3) is 0 Å². The van der Waals surface area contributed by atoms with E-state index in [0.29, 0.717) is 17.8 Å². The first-order valence-electron chi connectivity index (χ1n) is 9.08. The molecule has 1 fully saturated rings. The Morgan fingerprint density at radius 3 is 2.48 bits per heavy atom. The van der Waals surface area contributed by atoms with Crippen LogP contribution in [0.3, 0.4) is 0 Å². The molecule has 142 valence electrons. The maximum absolute atomic E-state index is 12.4. The van der Waals surface area contributed by atoms with Crippen LogP contribution in [0.1, 0.15) is 15.9 Å². The molecule has 0 bridgehead atoms. The number of hydrogen-bond donors (Lipinski definition) is 1. The van der Waals surface area contributed by atoms with Crippen LogP contribution in [-0.4, -0.2) is 56.6 Å². The van der Waals surface area contributed by atoms with Gasteiger partial charge < -0.3 is 15.0 Å². The lowest BCUT2D eigenvalue weighted by atomic mass is 10.1. The Kier molecular flexibility index (Phi) is 6.08. The fourth-order valence-electron chi connectivity index (χ4n) is 3.26. The Bertz CT molecular complexity index is 814. The lowest BCUT2D eigenvalue weighted by Gasteiger charge is -2.35. The zero-order valence-corrected chi connectivity index (χ0v) is 15.8. The Morgan fingerprint density at radius 1 is 1.04 bits per heavy atom. The first-order chi connectivity index (χ1) is 13.1. The molecule has 1 amide bonds. The van der Waals surface area contributed by atoms with Crippen molar-refractivity contribution in [2.45, 2.75) is 6.92 Å². The molecular formula is C21H25N3O3. The van der Waals surface area contributed by atoms with E-state index in [-0.39, 0.29) is 5.91 Å². The van der Waals surface area contributed by atoms with Gasteiger partial charge in [-0.3, -0.25) is 9.69 Å². The predicted octanol–water partition coefficient (Wildman–Crippen LogP) is 2.54. The van der Waals surface area contributed by atoms with Crippen molar-refractivity contribution in [1.29, 1.82) is 0 Å². The summed E-state index contributed by atoms with van der Waals surface area (Å²) in [5, 5.41) is 2.83. The molecule has 1 N–H and O–H groups in total. The van der Waals surface area contributed by atoms with Gasteiger partial charge in [0.25, 0.3) is 0 Å². The topological polar surface area (TPSA) is 61.9 Å². The average molecular weight is 367 g/mol. The van der Waals surface area contributed by atoms with Crippen LogP contribution < -0.4 is 10.2 Å². The molecule has 6 heteroatoms. The minimum absolute atomic E-state index is 0.129. The molecule has 2 aromatic rings. The van der Waals surface area contributed by atoms with Gasteiger partial charge in [-0.15, -0.1) is 0 Å². The standard InChI is InChI=1S/C21H25N3O3/c1-16-6-5-7-17(14-16)24-12-10-23(11-13-24)15-20(25)22-19-9-4-3-8-18(19)21(26)27-2/h3-9,14H,10-13,15H2,1-2H3,(H,22,25). The number of methoxy groups -OCH3 is 1. The summed E-state index contributed by atoms with van der Waals surface area (Å²) >= 11 is 0. The number of hydrogen-bond acceptors (Lipinski definition) is 5. The Labute approximate surface area is 159 Å². The normalized spacial score (nSPS) is 14.7. The number of benzene rings is 2. The second kappa shape index (κ2) is 8.68. The molecule has 0 radical (unpaired) electrons. The van der Waals surface area contributed by atoms with E-state index in [1.807, 2.05) is 0 Å². The number of ether oxygens (including phenoxy) is 1. The Hall–Kier alpha value is -2.86. The molecule has 6 nitrogen and oxygen atoms in total. The number of rotatable bonds is 5. The van der Waals surface area contributed by atoms with Gasteiger partial charge >= 0.3 is 5.97 Å². The minimum atomic E-state index is -0.460. The van der Waals surface area contributed by atoms with Gasteiger partial charge in [-0.05, 0) is 36.8 Å². The van der Waals surface area contributed by atoms with E-state index < -0.39 is 5.97 Å². The number of piperazine rings is 1. The van der Waals surface area contributed by atoms with Crippen LogP contribution in [0.2, 0.25) is 0 Å². The predicted molar refractivity (Wildman–Crippen MR) is 106 cm³/mol. The van der Waals surface area contributed by atoms with Crippen LogP contribution in [0.15, 0.2) is 48.5 Å². The van der Waals surface area contributed by atoms with Crippen molar-refractivity contribution >= 4 is 23.3 Å². The van der Waals surface area contributed by atoms with Crippen LogP contribution in [0.4, 0.5) is 11.4 Å². The number of para-hydroxylation sites is 1. The van der Waals surface area contributed by atoms with Gasteiger partial charge in [0.05, 0.1) is 24.9 Å². The van der Waals surface area contributed by atoms with Crippen molar-refractivity contribution in [3.05, 3.63) is 59.7 Å². The Morgan fingerprint density at radius 2 is 1.78 bits per heavy atom. The lowest BCUT2D eigenvalue weighted by Crippen LogP contribution is -2.48. The molecule has 0 atom stereocenters. The molecule has 0 aliphatic carbocycles. The number of nitrogens with zero attached hydrogens (tertiary/aromatic N) is 2. The maximum Gasteiger partial charge on any atom is 0.339 e. The fourth-order valence-corrected chi connectivity index (χ4v) is 3.26. The summed E-state index contributed by atoms with van der Waals surface area (Å²) in [6.45, 7) is 5.80. The highest BCUT2D eigenvalue weighted by molar-refractivity contribution is 6.01. The molecule has 0 saturated carbocycles. The van der Waals surface area contributed by atoms with E-state index in [1.54, 1.807) is 24.3 Å². The SMILES string of the molecule is COC(=O)c1ccccc1NC(=O)CN1CCN(c2cccc(C)c2)CC1. The molecule has 1 heterocycles. The van der Waals surface area contributed by atoms with Crippen molar-refractivity contribution < 1.29 is 14.3 Å². The highest BCUT2D eigenvalue weighted by Gasteiger charge is 2.20. The third-order valence-electron chi connectivity index (χ3n) is 4.71. The van der Waals surface area contributed by atoms with E-state index in [1.165, 1.54) is 18.4 Å². The molecular weight excluding hydrogens is 342 g/mol. The number of nitrogens with one attached hydrogen (secondary N) is 1. The van der Waals surface area contributed by atoms with E-state index in [9.17, 15) is 9.59 Å². The average Bonchev–Trinajstić information content (AvgIpc) is 2.68. The maximum atomic E-state index is 12.4. The van der Waals surface area contributed by atoms with Gasteiger partial charge in [-0.25, -0.2) is 4.79 Å². The van der Waals surface area contributed by atoms with Crippen molar-refractivity contribution in [1.82, 2.24) is 4.90 Å². The van der Waals surface area contributed by atoms with E-state index in [2.05, 4.69) is 46.3 Å². The molecule has 1 aliphatic rings. The molecule has 27 heavy (non-hydrogen) atoms. The van der Waals surface area contributed by atoms with E-state index >= 15 is 0 Å². The van der Waals surface area contributed by atoms with E-state index in [4.69, 9.17) is 4.74 Å². The molecule has 0 unspecified atom stereocenters. The summed E-state index contributed by atoms with van der Waals surface area (Å²) in [7, 11) is 1.33. The van der Waals surface area contributed by atoms with Crippen LogP contribution in [-0.2, 0) is 9.53 Å². The fraction of sp³-hybridized carbons (Fsp3) is 0.333. The van der Waals surface area contributed by atoms with Gasteiger partial charge in [0.2, 0.25) is 5.91 Å². The number of esters is 1. The zero-order valence-electron chi connectivity index (χ0n) is 15.8. The van der Waals surface area contributed by atoms with E-state index in [0.717, 1.165) is 26.2 Å². The largest absolute Gasteiger partial charge is 0.465 e. The van der Waals surface area contributed by atoms with Gasteiger partial charge in [-0.1, -0.05) is 24.3 Å². The zero-order chi connectivity index (χ0) is 19.2. The molecule has 0 spiro atoms. The van der Waals surface area contributed by atoms with Gasteiger partial charge in [0.1, 0.15) is 0 Å². The molecule has 0 aromatic heterocycles. The summed E-state index contributed by atoms with van der Waals surface area (Å²) in [4.78, 5) is 28.7. The first kappa shape index (κ1) is 18.9. The first-order valence-corrected chi connectivity index (χ1v) is 9.08. The number of anilines is 2. The molecule has 1 saturated heterocycles. The van der Waals surface area contributed by atoms with Crippen molar-refractivity contribution in [2.24, 2.45) is 0 Å². The molecule has 2 aromatic carbocycles. The second-order valence-electron chi connectivity index (χ2n) is 6.69. The summed E-state index contributed by atoms with van der Waals surface area (Å²) in [5.74, 6) is -0.590. The minimum Gasteiger partial charge on any atom is -0.465 e. The number of aryl methyl sites for hydroxylation is 1. The third kappa shape index (κ3) is 4.86. The second-order valence-corrected chi connectivity index (χ2v) is 6.69. The van der Waals surface area contributed by atoms with Gasteiger partial charge in [-0.2, -0.15) is 0 Å². The van der Waals surface area contributed by atoms with Gasteiger partial charge in [0, 0.05) is 31.9 Å². The number of carbonyl (C=O) groups excluding carboxylic acids is 2. The van der Waals surface area contributed by atoms with Crippen LogP contribution >= 0.6 is 0 Å². The number of amides is 1. The lowest BCUT2D eigenvalue weighted by molar-refractivity contribution is -0.117. The summed E-state index contributed by atoms with van der Waals surface area (Å²) in [6.07, 6.45) is 0. The summed E-state index contributed by atoms with van der Waals surface area (Å²) < 4.78 is 4.76. The third-order valence-corrected chi connectivity index (χ3v) is 4.71. The highest BCUT2D eigenvalue weighted by Crippen LogP contribution is 2.18. The summed E-state index contributed by atoms with van der Waals surface area (Å²) in [5.41, 5.74) is 3.31. The smallest absolute Gasteiger partial charge is 0.339 e. The van der Waals surface area contributed by atoms with Crippen LogP contribution in [0, 0.1) is 6.92 Å². The molecule has 1 aliphatic heterocycles. The van der Waals surface area contributed by atoms with Gasteiger partial charge in [0.15, 0.2) is 0 Å². The quantitative estimate of drug-likeness (QED) is 0.823. The van der Waals surface area contributed by atoms with Crippen molar-refractivity contribution in [3.63, 3.8) is 0 Å². The molecule has 3 rings (SSSR count). The number of carbonyl (C=O) groups is 2. The van der Waals surface area contributed by atoms with Crippen LogP contribution in [0.5, 0.6) is 0 Å². The monoisotopic (exact) mass is 367 g/mol. The highest BCUT2D eigenvalue weighted by atomic mass is 16.5. The Balaban J connectivity index is 1.54.